The van der Waals surface area contributed by atoms with Crippen LogP contribution in [0.3, 0.4) is 0 Å². The van der Waals surface area contributed by atoms with E-state index in [4.69, 9.17) is 16.3 Å². The van der Waals surface area contributed by atoms with Crippen molar-refractivity contribution in [3.63, 3.8) is 0 Å². The van der Waals surface area contributed by atoms with Crippen molar-refractivity contribution < 1.29 is 17.9 Å². The molecule has 24 heavy (non-hydrogen) atoms. The first-order valence-corrected chi connectivity index (χ1v) is 10.1. The second-order valence-electron chi connectivity index (χ2n) is 6.43. The van der Waals surface area contributed by atoms with E-state index in [2.05, 4.69) is 19.2 Å². The zero-order valence-corrected chi connectivity index (χ0v) is 16.2. The highest BCUT2D eigenvalue weighted by Gasteiger charge is 2.21. The molecule has 1 rings (SSSR count). The minimum absolute atomic E-state index is 0.0456. The summed E-state index contributed by atoms with van der Waals surface area (Å²) in [6.07, 6.45) is 1.81. The normalized spacial score (nSPS) is 12.9. The third kappa shape index (κ3) is 7.53. The molecule has 0 radical (unpaired) electrons. The molecule has 0 aliphatic rings. The maximum Gasteiger partial charge on any atom is 0.235 e. The van der Waals surface area contributed by atoms with Gasteiger partial charge in [0.15, 0.2) is 9.84 Å². The minimum atomic E-state index is -3.61. The Hall–Kier alpha value is -1.27. The van der Waals surface area contributed by atoms with Crippen LogP contribution in [0.2, 0.25) is 5.02 Å². The highest BCUT2D eigenvalue weighted by molar-refractivity contribution is 7.91. The van der Waals surface area contributed by atoms with E-state index in [1.165, 1.54) is 7.11 Å². The number of benzene rings is 1. The van der Waals surface area contributed by atoms with E-state index in [-0.39, 0.29) is 11.8 Å². The van der Waals surface area contributed by atoms with Crippen LogP contribution >= 0.6 is 11.6 Å². The van der Waals surface area contributed by atoms with Crippen molar-refractivity contribution in [1.82, 2.24) is 5.32 Å². The molecule has 1 aromatic rings. The lowest BCUT2D eigenvalue weighted by Crippen LogP contribution is -2.37. The zero-order chi connectivity index (χ0) is 18.3. The quantitative estimate of drug-likeness (QED) is 0.719. The predicted molar refractivity (Wildman–Crippen MR) is 97.2 cm³/mol. The molecule has 1 N–H and O–H groups in total. The number of ether oxygens (including phenoxy) is 1. The van der Waals surface area contributed by atoms with Crippen molar-refractivity contribution in [2.24, 2.45) is 5.92 Å². The van der Waals surface area contributed by atoms with Crippen molar-refractivity contribution in [2.75, 3.05) is 12.9 Å². The Balaban J connectivity index is 2.66. The van der Waals surface area contributed by atoms with Crippen LogP contribution in [0.15, 0.2) is 18.2 Å². The van der Waals surface area contributed by atoms with Gasteiger partial charge in [-0.2, -0.15) is 0 Å². The van der Waals surface area contributed by atoms with E-state index >= 15 is 0 Å². The summed E-state index contributed by atoms with van der Waals surface area (Å²) in [6.45, 7) is 6.10. The van der Waals surface area contributed by atoms with Crippen LogP contribution in [-0.4, -0.2) is 33.2 Å². The molecule has 1 aromatic carbocycles. The molecule has 7 heteroatoms. The molecule has 1 atom stereocenters. The van der Waals surface area contributed by atoms with Crippen molar-refractivity contribution in [3.8, 4) is 5.75 Å². The predicted octanol–water partition coefficient (Wildman–Crippen LogP) is 3.20. The van der Waals surface area contributed by atoms with Crippen LogP contribution in [0.25, 0.3) is 0 Å². The summed E-state index contributed by atoms with van der Waals surface area (Å²) in [7, 11) is -2.15. The number of methoxy groups -OCH3 is 1. The van der Waals surface area contributed by atoms with Gasteiger partial charge in [-0.25, -0.2) is 8.42 Å². The third-order valence-corrected chi connectivity index (χ3v) is 5.24. The number of carbonyl (C=O) groups excluding carboxylic acids is 1. The molecule has 5 nitrogen and oxygen atoms in total. The Morgan fingerprint density at radius 2 is 1.92 bits per heavy atom. The van der Waals surface area contributed by atoms with Crippen LogP contribution in [0.5, 0.6) is 5.75 Å². The summed E-state index contributed by atoms with van der Waals surface area (Å²) >= 11 is 5.91. The maximum atomic E-state index is 12.3. The molecule has 0 aliphatic heterocycles. The number of rotatable bonds is 9. The van der Waals surface area contributed by atoms with Crippen LogP contribution in [0.4, 0.5) is 0 Å². The second-order valence-corrected chi connectivity index (χ2v) is 8.93. The van der Waals surface area contributed by atoms with Crippen molar-refractivity contribution in [2.45, 2.75) is 45.4 Å². The number of hydrogen-bond acceptors (Lipinski definition) is 4. The van der Waals surface area contributed by atoms with Gasteiger partial charge in [0.1, 0.15) is 11.5 Å². The summed E-state index contributed by atoms with van der Waals surface area (Å²) in [4.78, 5) is 12.0. The fourth-order valence-corrected chi connectivity index (χ4v) is 3.80. The first-order chi connectivity index (χ1) is 11.1. The van der Waals surface area contributed by atoms with Crippen LogP contribution in [0, 0.1) is 5.92 Å². The van der Waals surface area contributed by atoms with Gasteiger partial charge in [0.25, 0.3) is 0 Å². The molecule has 0 heterocycles. The first-order valence-electron chi connectivity index (χ1n) is 7.95. The maximum absolute atomic E-state index is 12.3. The standard InChI is InChI=1S/C17H26ClNO4S/c1-12(2)5-6-13(3)19-17(20)11-24(21,22)10-14-9-15(18)7-8-16(14)23-4/h7-9,12-13H,5-6,10-11H2,1-4H3,(H,19,20)/t13-/m1/s1. The smallest absolute Gasteiger partial charge is 0.235 e. The Morgan fingerprint density at radius 1 is 1.25 bits per heavy atom. The highest BCUT2D eigenvalue weighted by Crippen LogP contribution is 2.24. The molecule has 0 aliphatic carbocycles. The van der Waals surface area contributed by atoms with Gasteiger partial charge < -0.3 is 10.1 Å². The van der Waals surface area contributed by atoms with E-state index in [0.717, 1.165) is 12.8 Å². The van der Waals surface area contributed by atoms with Crippen LogP contribution in [-0.2, 0) is 20.4 Å². The molecule has 0 unspecified atom stereocenters. The fraction of sp³-hybridized carbons (Fsp3) is 0.588. The highest BCUT2D eigenvalue weighted by atomic mass is 35.5. The van der Waals surface area contributed by atoms with Gasteiger partial charge in [-0.1, -0.05) is 25.4 Å². The minimum Gasteiger partial charge on any atom is -0.496 e. The Bertz CT molecular complexity index is 659. The van der Waals surface area contributed by atoms with Gasteiger partial charge in [-0.3, -0.25) is 4.79 Å². The molecular formula is C17H26ClNO4S. The van der Waals surface area contributed by atoms with Gasteiger partial charge in [0, 0.05) is 16.6 Å². The topological polar surface area (TPSA) is 72.5 Å². The van der Waals surface area contributed by atoms with Crippen molar-refractivity contribution in [1.29, 1.82) is 0 Å². The number of carbonyl (C=O) groups is 1. The number of halogens is 1. The van der Waals surface area contributed by atoms with Gasteiger partial charge in [0.2, 0.25) is 5.91 Å². The van der Waals surface area contributed by atoms with Crippen molar-refractivity contribution in [3.05, 3.63) is 28.8 Å². The lowest BCUT2D eigenvalue weighted by Gasteiger charge is -2.15. The molecule has 0 aromatic heterocycles. The van der Waals surface area contributed by atoms with Crippen molar-refractivity contribution >= 4 is 27.3 Å². The Labute approximate surface area is 149 Å². The lowest BCUT2D eigenvalue weighted by molar-refractivity contribution is -0.119. The molecule has 0 saturated carbocycles. The largest absolute Gasteiger partial charge is 0.496 e. The van der Waals surface area contributed by atoms with Gasteiger partial charge >= 0.3 is 0 Å². The van der Waals surface area contributed by atoms with E-state index in [0.29, 0.717) is 22.3 Å². The average molecular weight is 376 g/mol. The average Bonchev–Trinajstić information content (AvgIpc) is 2.44. The molecule has 0 saturated heterocycles. The SMILES string of the molecule is COc1ccc(Cl)cc1CS(=O)(=O)CC(=O)N[C@H](C)CCC(C)C. The summed E-state index contributed by atoms with van der Waals surface area (Å²) in [5.41, 5.74) is 0.450. The molecule has 0 fully saturated rings. The van der Waals surface area contributed by atoms with E-state index in [1.807, 2.05) is 6.92 Å². The van der Waals surface area contributed by atoms with Crippen LogP contribution < -0.4 is 10.1 Å². The van der Waals surface area contributed by atoms with Gasteiger partial charge in [-0.05, 0) is 43.9 Å². The number of sulfone groups is 1. The van der Waals surface area contributed by atoms with E-state index in [1.54, 1.807) is 18.2 Å². The zero-order valence-electron chi connectivity index (χ0n) is 14.6. The molecule has 136 valence electrons. The van der Waals surface area contributed by atoms with Gasteiger partial charge in [-0.15, -0.1) is 0 Å². The summed E-state index contributed by atoms with van der Waals surface area (Å²) in [5.74, 6) is -0.330. The lowest BCUT2D eigenvalue weighted by atomic mass is 10.0. The molecular weight excluding hydrogens is 350 g/mol. The summed E-state index contributed by atoms with van der Waals surface area (Å²) in [6, 6.07) is 4.73. The van der Waals surface area contributed by atoms with E-state index in [9.17, 15) is 13.2 Å². The van der Waals surface area contributed by atoms with Gasteiger partial charge in [0.05, 0.1) is 12.9 Å². The third-order valence-electron chi connectivity index (χ3n) is 3.55. The van der Waals surface area contributed by atoms with Crippen LogP contribution in [0.1, 0.15) is 39.2 Å². The summed E-state index contributed by atoms with van der Waals surface area (Å²) in [5, 5.41) is 3.17. The Morgan fingerprint density at radius 3 is 2.50 bits per heavy atom. The number of amides is 1. The number of hydrogen-bond donors (Lipinski definition) is 1. The first kappa shape index (κ1) is 20.8. The monoisotopic (exact) mass is 375 g/mol. The Kier molecular flexibility index (Phi) is 8.03. The second kappa shape index (κ2) is 9.28. The number of nitrogens with one attached hydrogen (secondary N) is 1. The fourth-order valence-electron chi connectivity index (χ4n) is 2.32. The molecule has 0 bridgehead atoms. The van der Waals surface area contributed by atoms with E-state index < -0.39 is 21.5 Å². The summed E-state index contributed by atoms with van der Waals surface area (Å²) < 4.78 is 29.7. The molecule has 1 amide bonds. The molecule has 0 spiro atoms.